The highest BCUT2D eigenvalue weighted by Gasteiger charge is 2.42. The summed E-state index contributed by atoms with van der Waals surface area (Å²) in [5, 5.41) is 17.1. The number of amides is 1. The van der Waals surface area contributed by atoms with Crippen LogP contribution in [0.5, 0.6) is 0 Å². The summed E-state index contributed by atoms with van der Waals surface area (Å²) >= 11 is 0. The zero-order valence-electron chi connectivity index (χ0n) is 14.9. The van der Waals surface area contributed by atoms with E-state index in [1.165, 1.54) is 12.8 Å². The summed E-state index contributed by atoms with van der Waals surface area (Å²) in [6.45, 7) is 0.690. The maximum Gasteiger partial charge on any atom is 0.268 e. The zero-order chi connectivity index (χ0) is 17.7. The number of aromatic nitrogens is 3. The first kappa shape index (κ1) is 16.1. The van der Waals surface area contributed by atoms with Gasteiger partial charge in [-0.2, -0.15) is 4.98 Å². The monoisotopic (exact) mass is 355 g/mol. The molecule has 1 amide bonds. The van der Waals surface area contributed by atoms with Gasteiger partial charge in [0.05, 0.1) is 11.6 Å². The first-order valence-corrected chi connectivity index (χ1v) is 9.76. The van der Waals surface area contributed by atoms with Gasteiger partial charge in [0.25, 0.3) is 5.91 Å². The van der Waals surface area contributed by atoms with Crippen molar-refractivity contribution in [2.45, 2.75) is 69.1 Å². The second-order valence-corrected chi connectivity index (χ2v) is 8.10. The van der Waals surface area contributed by atoms with Crippen LogP contribution in [-0.4, -0.2) is 44.2 Å². The van der Waals surface area contributed by atoms with Gasteiger partial charge in [0.2, 0.25) is 5.95 Å². The lowest BCUT2D eigenvalue weighted by atomic mass is 9.93. The Kier molecular flexibility index (Phi) is 3.67. The van der Waals surface area contributed by atoms with Gasteiger partial charge in [-0.1, -0.05) is 12.8 Å². The molecule has 0 bridgehead atoms. The highest BCUT2D eigenvalue weighted by Crippen LogP contribution is 2.41. The van der Waals surface area contributed by atoms with E-state index >= 15 is 0 Å². The number of anilines is 1. The third-order valence-electron chi connectivity index (χ3n) is 6.39. The van der Waals surface area contributed by atoms with Gasteiger partial charge in [0.1, 0.15) is 11.3 Å². The van der Waals surface area contributed by atoms with Crippen LogP contribution < -0.4 is 10.6 Å². The summed E-state index contributed by atoms with van der Waals surface area (Å²) < 4.78 is 2.19. The molecule has 3 aliphatic rings. The average molecular weight is 355 g/mol. The Balaban J connectivity index is 1.53. The van der Waals surface area contributed by atoms with E-state index in [0.717, 1.165) is 49.6 Å². The third-order valence-corrected chi connectivity index (χ3v) is 6.39. The van der Waals surface area contributed by atoms with Gasteiger partial charge in [-0.3, -0.25) is 4.79 Å². The van der Waals surface area contributed by atoms with Gasteiger partial charge in [-0.25, -0.2) is 4.98 Å². The summed E-state index contributed by atoms with van der Waals surface area (Å²) in [4.78, 5) is 21.7. The Bertz CT molecular complexity index is 847. The largest absolute Gasteiger partial charge is 0.393 e. The molecular weight excluding hydrogens is 330 g/mol. The molecule has 1 aliphatic heterocycles. The number of hydrogen-bond donors (Lipinski definition) is 3. The molecule has 2 aromatic heterocycles. The number of carbonyl (C=O) groups is 1. The maximum atomic E-state index is 12.4. The van der Waals surface area contributed by atoms with E-state index in [4.69, 9.17) is 4.98 Å². The molecule has 2 saturated carbocycles. The van der Waals surface area contributed by atoms with Crippen molar-refractivity contribution < 1.29 is 9.90 Å². The second kappa shape index (κ2) is 5.94. The van der Waals surface area contributed by atoms with Crippen LogP contribution in [0, 0.1) is 0 Å². The summed E-state index contributed by atoms with van der Waals surface area (Å²) in [5.41, 5.74) is 1.54. The first-order chi connectivity index (χ1) is 12.6. The number of rotatable bonds is 2. The van der Waals surface area contributed by atoms with Gasteiger partial charge < -0.3 is 20.3 Å². The van der Waals surface area contributed by atoms with E-state index in [2.05, 4.69) is 20.2 Å². The van der Waals surface area contributed by atoms with E-state index in [0.29, 0.717) is 24.2 Å². The molecule has 138 valence electrons. The number of aliphatic hydroxyl groups excluding tert-OH is 1. The second-order valence-electron chi connectivity index (χ2n) is 8.10. The van der Waals surface area contributed by atoms with Crippen molar-refractivity contribution in [3.8, 4) is 0 Å². The molecule has 0 aromatic carbocycles. The number of nitrogens with one attached hydrogen (secondary N) is 2. The molecule has 2 aliphatic carbocycles. The lowest BCUT2D eigenvalue weighted by molar-refractivity contribution is 0.0876. The zero-order valence-corrected chi connectivity index (χ0v) is 14.9. The summed E-state index contributed by atoms with van der Waals surface area (Å²) in [6, 6.07) is 2.22. The highest BCUT2D eigenvalue weighted by atomic mass is 16.3. The maximum absolute atomic E-state index is 12.4. The number of carbonyl (C=O) groups excluding carboxylic acids is 1. The Hall–Kier alpha value is -2.15. The molecule has 3 N–H and O–H groups in total. The van der Waals surface area contributed by atoms with Crippen LogP contribution in [0.15, 0.2) is 12.3 Å². The van der Waals surface area contributed by atoms with Crippen molar-refractivity contribution in [2.24, 2.45) is 0 Å². The fourth-order valence-corrected chi connectivity index (χ4v) is 4.96. The SMILES string of the molecule is O=C1NCC2(CCCC2)n2c1cc1cnc(N[C@H]3CC[C@H](O)CC3)nc12. The summed E-state index contributed by atoms with van der Waals surface area (Å²) in [7, 11) is 0. The Morgan fingerprint density at radius 2 is 2.00 bits per heavy atom. The Morgan fingerprint density at radius 1 is 1.23 bits per heavy atom. The lowest BCUT2D eigenvalue weighted by Crippen LogP contribution is -2.50. The number of aliphatic hydroxyl groups is 1. The van der Waals surface area contributed by atoms with E-state index < -0.39 is 0 Å². The molecular formula is C19H25N5O2. The fourth-order valence-electron chi connectivity index (χ4n) is 4.96. The number of nitrogens with zero attached hydrogens (tertiary/aromatic N) is 3. The van der Waals surface area contributed by atoms with Crippen molar-refractivity contribution >= 4 is 22.9 Å². The van der Waals surface area contributed by atoms with Gasteiger partial charge in [0.15, 0.2) is 0 Å². The Labute approximate surface area is 152 Å². The highest BCUT2D eigenvalue weighted by molar-refractivity contribution is 5.99. The van der Waals surface area contributed by atoms with Crippen molar-refractivity contribution in [2.75, 3.05) is 11.9 Å². The van der Waals surface area contributed by atoms with Crippen molar-refractivity contribution in [3.05, 3.63) is 18.0 Å². The number of hydrogen-bond acceptors (Lipinski definition) is 5. The standard InChI is InChI=1S/C19H25N5O2/c25-14-5-3-13(4-6-14)22-18-20-10-12-9-15-17(26)21-11-19(7-1-2-8-19)24(15)16(12)23-18/h9-10,13-14,25H,1-8,11H2,(H,21,26)(H,20,22,23)/t13-,14-. The minimum atomic E-state index is -0.171. The van der Waals surface area contributed by atoms with Crippen molar-refractivity contribution in [1.82, 2.24) is 19.9 Å². The van der Waals surface area contributed by atoms with Gasteiger partial charge in [-0.15, -0.1) is 0 Å². The molecule has 1 spiro atoms. The van der Waals surface area contributed by atoms with Crippen LogP contribution in [0.2, 0.25) is 0 Å². The molecule has 7 nitrogen and oxygen atoms in total. The van der Waals surface area contributed by atoms with Crippen LogP contribution in [0.25, 0.3) is 11.0 Å². The topological polar surface area (TPSA) is 92.1 Å². The Morgan fingerprint density at radius 3 is 2.77 bits per heavy atom. The molecule has 0 radical (unpaired) electrons. The normalized spacial score (nSPS) is 27.5. The summed E-state index contributed by atoms with van der Waals surface area (Å²) in [5.74, 6) is 0.607. The molecule has 5 rings (SSSR count). The predicted molar refractivity (Wildman–Crippen MR) is 98.2 cm³/mol. The molecule has 2 fully saturated rings. The molecule has 2 aromatic rings. The van der Waals surface area contributed by atoms with Gasteiger partial charge in [0, 0.05) is 24.2 Å². The van der Waals surface area contributed by atoms with Crippen LogP contribution in [0.3, 0.4) is 0 Å². The van der Waals surface area contributed by atoms with Gasteiger partial charge >= 0.3 is 0 Å². The van der Waals surface area contributed by atoms with Crippen molar-refractivity contribution in [3.63, 3.8) is 0 Å². The molecule has 0 saturated heterocycles. The predicted octanol–water partition coefficient (Wildman–Crippen LogP) is 2.16. The molecule has 0 unspecified atom stereocenters. The minimum Gasteiger partial charge on any atom is -0.393 e. The molecule has 7 heteroatoms. The van der Waals surface area contributed by atoms with Gasteiger partial charge in [-0.05, 0) is 44.6 Å². The van der Waals surface area contributed by atoms with E-state index in [1.54, 1.807) is 0 Å². The van der Waals surface area contributed by atoms with Crippen molar-refractivity contribution in [1.29, 1.82) is 0 Å². The molecule has 0 atom stereocenters. The number of fused-ring (bicyclic) bond motifs is 4. The molecule has 26 heavy (non-hydrogen) atoms. The first-order valence-electron chi connectivity index (χ1n) is 9.76. The smallest absolute Gasteiger partial charge is 0.268 e. The van der Waals surface area contributed by atoms with Crippen LogP contribution in [0.4, 0.5) is 5.95 Å². The lowest BCUT2D eigenvalue weighted by Gasteiger charge is -2.37. The third kappa shape index (κ3) is 2.48. The van der Waals surface area contributed by atoms with E-state index in [1.807, 2.05) is 12.3 Å². The quantitative estimate of drug-likeness (QED) is 0.768. The summed E-state index contributed by atoms with van der Waals surface area (Å²) in [6.07, 6.45) is 9.70. The van der Waals surface area contributed by atoms with E-state index in [9.17, 15) is 9.90 Å². The minimum absolute atomic E-state index is 0.0173. The van der Waals surface area contributed by atoms with Crippen LogP contribution in [0.1, 0.15) is 61.9 Å². The average Bonchev–Trinajstić information content (AvgIpc) is 3.26. The van der Waals surface area contributed by atoms with Crippen LogP contribution >= 0.6 is 0 Å². The molecule has 3 heterocycles. The van der Waals surface area contributed by atoms with E-state index in [-0.39, 0.29) is 17.6 Å². The fraction of sp³-hybridized carbons (Fsp3) is 0.632. The van der Waals surface area contributed by atoms with Crippen LogP contribution in [-0.2, 0) is 5.54 Å².